The molecule has 11 heteroatoms. The molecule has 0 saturated carbocycles. The summed E-state index contributed by atoms with van der Waals surface area (Å²) in [5, 5.41) is 31.7. The number of hydrogen-bond donors (Lipinski definition) is 3. The maximum Gasteiger partial charge on any atom is 0.199 e. The van der Waals surface area contributed by atoms with Gasteiger partial charge in [0.2, 0.25) is 0 Å². The molecule has 2 aromatic carbocycles. The largest absolute Gasteiger partial charge is 0.394 e. The number of aliphatic hydroxyl groups is 3. The maximum absolute atomic E-state index is 10.7. The van der Waals surface area contributed by atoms with Crippen molar-refractivity contribution in [2.24, 2.45) is 0 Å². The lowest BCUT2D eigenvalue weighted by molar-refractivity contribution is -0.0548. The number of imidazole rings is 1. The SMILES string of the molecule is OC[C@H]1OC(n2c(SCc3ccccc3)nc3nc4cc(Cl)c(Cl)cc4nc32)[C@H](O)[C@@H]1O. The number of aliphatic hydroxyl groups excluding tert-OH is 3. The molecule has 166 valence electrons. The van der Waals surface area contributed by atoms with Crippen LogP contribution in [0.2, 0.25) is 10.0 Å². The van der Waals surface area contributed by atoms with E-state index < -0.39 is 31.1 Å². The van der Waals surface area contributed by atoms with E-state index in [1.807, 2.05) is 30.3 Å². The number of hydrogen-bond acceptors (Lipinski definition) is 8. The molecule has 4 aromatic rings. The molecule has 0 radical (unpaired) electrons. The molecule has 0 spiro atoms. The summed E-state index contributed by atoms with van der Waals surface area (Å²) < 4.78 is 7.39. The molecule has 4 atom stereocenters. The molecule has 3 N–H and O–H groups in total. The lowest BCUT2D eigenvalue weighted by Gasteiger charge is -2.19. The van der Waals surface area contributed by atoms with E-state index in [1.165, 1.54) is 11.8 Å². The van der Waals surface area contributed by atoms with E-state index in [2.05, 4.69) is 15.0 Å². The second kappa shape index (κ2) is 8.75. The van der Waals surface area contributed by atoms with Gasteiger partial charge in [0.15, 0.2) is 22.7 Å². The van der Waals surface area contributed by atoms with Gasteiger partial charge in [0.05, 0.1) is 27.7 Å². The summed E-state index contributed by atoms with van der Waals surface area (Å²) in [6.07, 6.45) is -4.47. The summed E-state index contributed by atoms with van der Waals surface area (Å²) in [6, 6.07) is 13.1. The van der Waals surface area contributed by atoms with Gasteiger partial charge in [-0.2, -0.15) is 0 Å². The zero-order valence-corrected chi connectivity index (χ0v) is 18.8. The number of halogens is 2. The van der Waals surface area contributed by atoms with Crippen molar-refractivity contribution in [1.29, 1.82) is 0 Å². The van der Waals surface area contributed by atoms with Gasteiger partial charge in [-0.15, -0.1) is 0 Å². The highest BCUT2D eigenvalue weighted by Crippen LogP contribution is 2.37. The Bertz CT molecular complexity index is 1290. The van der Waals surface area contributed by atoms with E-state index in [0.717, 1.165) is 5.56 Å². The highest BCUT2D eigenvalue weighted by Gasteiger charge is 2.45. The van der Waals surface area contributed by atoms with Crippen molar-refractivity contribution in [2.45, 2.75) is 35.4 Å². The van der Waals surface area contributed by atoms with Crippen molar-refractivity contribution in [1.82, 2.24) is 19.5 Å². The highest BCUT2D eigenvalue weighted by molar-refractivity contribution is 7.98. The molecule has 0 aliphatic carbocycles. The third-order valence-electron chi connectivity index (χ3n) is 5.29. The molecule has 5 rings (SSSR count). The van der Waals surface area contributed by atoms with Gasteiger partial charge in [0.1, 0.15) is 18.3 Å². The average Bonchev–Trinajstić information content (AvgIpc) is 3.28. The van der Waals surface area contributed by atoms with Gasteiger partial charge in [-0.05, 0) is 17.7 Å². The molecule has 0 bridgehead atoms. The fourth-order valence-corrected chi connectivity index (χ4v) is 4.94. The van der Waals surface area contributed by atoms with Crippen LogP contribution in [0.1, 0.15) is 11.8 Å². The van der Waals surface area contributed by atoms with Crippen molar-refractivity contribution in [3.63, 3.8) is 0 Å². The van der Waals surface area contributed by atoms with Crippen LogP contribution in [-0.4, -0.2) is 59.8 Å². The molecule has 1 saturated heterocycles. The predicted octanol–water partition coefficient (Wildman–Crippen LogP) is 3.19. The Morgan fingerprint density at radius 1 is 0.969 bits per heavy atom. The summed E-state index contributed by atoms with van der Waals surface area (Å²) in [5.74, 6) is 0.607. The minimum absolute atomic E-state index is 0.337. The Kier molecular flexibility index (Phi) is 5.98. The van der Waals surface area contributed by atoms with Crippen LogP contribution >= 0.6 is 35.0 Å². The Morgan fingerprint density at radius 3 is 2.31 bits per heavy atom. The molecule has 32 heavy (non-hydrogen) atoms. The van der Waals surface area contributed by atoms with Gasteiger partial charge in [-0.3, -0.25) is 4.57 Å². The van der Waals surface area contributed by atoms with Crippen LogP contribution < -0.4 is 0 Å². The average molecular weight is 493 g/mol. The van der Waals surface area contributed by atoms with Crippen molar-refractivity contribution < 1.29 is 20.1 Å². The molecule has 1 fully saturated rings. The van der Waals surface area contributed by atoms with Gasteiger partial charge in [0, 0.05) is 5.75 Å². The van der Waals surface area contributed by atoms with Crippen molar-refractivity contribution in [3.8, 4) is 0 Å². The zero-order valence-electron chi connectivity index (χ0n) is 16.5. The van der Waals surface area contributed by atoms with Crippen LogP contribution in [0, 0.1) is 0 Å². The molecule has 3 heterocycles. The van der Waals surface area contributed by atoms with Gasteiger partial charge >= 0.3 is 0 Å². The highest BCUT2D eigenvalue weighted by atomic mass is 35.5. The van der Waals surface area contributed by atoms with Crippen LogP contribution in [0.15, 0.2) is 47.6 Å². The number of ether oxygens (including phenoxy) is 1. The first-order chi connectivity index (χ1) is 15.5. The monoisotopic (exact) mass is 492 g/mol. The van der Waals surface area contributed by atoms with E-state index in [0.29, 0.717) is 43.3 Å². The summed E-state index contributed by atoms with van der Waals surface area (Å²) in [5.41, 5.74) is 2.81. The quantitative estimate of drug-likeness (QED) is 0.364. The van der Waals surface area contributed by atoms with Crippen molar-refractivity contribution >= 4 is 57.3 Å². The van der Waals surface area contributed by atoms with Crippen LogP contribution in [0.3, 0.4) is 0 Å². The predicted molar refractivity (Wildman–Crippen MR) is 122 cm³/mol. The molecule has 1 aliphatic heterocycles. The van der Waals surface area contributed by atoms with Crippen LogP contribution in [-0.2, 0) is 10.5 Å². The van der Waals surface area contributed by atoms with E-state index in [1.54, 1.807) is 16.7 Å². The van der Waals surface area contributed by atoms with Crippen LogP contribution in [0.4, 0.5) is 0 Å². The Hall–Kier alpha value is -1.98. The number of thioether (sulfide) groups is 1. The topological polar surface area (TPSA) is 114 Å². The van der Waals surface area contributed by atoms with Crippen LogP contribution in [0.5, 0.6) is 0 Å². The second-order valence-corrected chi connectivity index (χ2v) is 9.15. The number of nitrogens with zero attached hydrogens (tertiary/aromatic N) is 4. The van der Waals surface area contributed by atoms with E-state index in [9.17, 15) is 15.3 Å². The zero-order chi connectivity index (χ0) is 22.4. The minimum atomic E-state index is -1.29. The summed E-state index contributed by atoms with van der Waals surface area (Å²) in [7, 11) is 0. The standard InChI is InChI=1S/C21H18Cl2N4O4S/c22-11-6-13-14(7-12(11)23)25-19-18(24-13)26-21(32-9-10-4-2-1-3-5-10)27(19)20-17(30)16(29)15(8-28)31-20/h1-7,15-17,20,28-30H,8-9H2/t15-,16-,17-,20?/m1/s1. The van der Waals surface area contributed by atoms with Gasteiger partial charge in [-0.25, -0.2) is 15.0 Å². The fourth-order valence-electron chi connectivity index (χ4n) is 3.65. The molecular weight excluding hydrogens is 475 g/mol. The summed E-state index contributed by atoms with van der Waals surface area (Å²) >= 11 is 13.7. The van der Waals surface area contributed by atoms with Crippen molar-refractivity contribution in [2.75, 3.05) is 6.61 Å². The molecule has 8 nitrogen and oxygen atoms in total. The van der Waals surface area contributed by atoms with Gasteiger partial charge < -0.3 is 20.1 Å². The summed E-state index contributed by atoms with van der Waals surface area (Å²) in [6.45, 7) is -0.434. The normalized spacial score (nSPS) is 23.4. The maximum atomic E-state index is 10.7. The molecule has 1 aliphatic rings. The first kappa shape index (κ1) is 21.8. The Morgan fingerprint density at radius 2 is 1.66 bits per heavy atom. The summed E-state index contributed by atoms with van der Waals surface area (Å²) in [4.78, 5) is 13.9. The van der Waals surface area contributed by atoms with Gasteiger partial charge in [-0.1, -0.05) is 65.3 Å². The minimum Gasteiger partial charge on any atom is -0.394 e. The first-order valence-electron chi connectivity index (χ1n) is 9.80. The molecule has 2 aromatic heterocycles. The lowest BCUT2D eigenvalue weighted by atomic mass is 10.1. The van der Waals surface area contributed by atoms with E-state index in [4.69, 9.17) is 27.9 Å². The van der Waals surface area contributed by atoms with E-state index in [-0.39, 0.29) is 0 Å². The van der Waals surface area contributed by atoms with Crippen LogP contribution in [0.25, 0.3) is 22.3 Å². The van der Waals surface area contributed by atoms with Gasteiger partial charge in [0.25, 0.3) is 0 Å². The molecule has 1 unspecified atom stereocenters. The molecular formula is C21H18Cl2N4O4S. The number of fused-ring (bicyclic) bond motifs is 2. The fraction of sp³-hybridized carbons (Fsp3) is 0.286. The molecule has 0 amide bonds. The number of benzene rings is 2. The Labute approximate surface area is 196 Å². The number of aromatic nitrogens is 4. The van der Waals surface area contributed by atoms with Crippen molar-refractivity contribution in [3.05, 3.63) is 58.1 Å². The third kappa shape index (κ3) is 3.84. The third-order valence-corrected chi connectivity index (χ3v) is 7.03. The smallest absolute Gasteiger partial charge is 0.199 e. The second-order valence-electron chi connectivity index (χ2n) is 7.39. The Balaban J connectivity index is 1.64. The lowest BCUT2D eigenvalue weighted by Crippen LogP contribution is -2.33. The first-order valence-corrected chi connectivity index (χ1v) is 11.5. The van der Waals surface area contributed by atoms with E-state index >= 15 is 0 Å². The number of rotatable bonds is 5.